The normalized spacial score (nSPS) is 28.4. The molecular formula is C20H30N4O3. The van der Waals surface area contributed by atoms with Crippen LogP contribution in [0.1, 0.15) is 44.0 Å². The molecule has 3 unspecified atom stereocenters. The molecule has 0 radical (unpaired) electrons. The van der Waals surface area contributed by atoms with Crippen LogP contribution in [0.3, 0.4) is 0 Å². The molecule has 2 N–H and O–H groups in total. The van der Waals surface area contributed by atoms with Gasteiger partial charge in [0.2, 0.25) is 0 Å². The molecule has 2 saturated heterocycles. The van der Waals surface area contributed by atoms with Gasteiger partial charge in [-0.05, 0) is 48.8 Å². The van der Waals surface area contributed by atoms with Crippen LogP contribution in [0.4, 0.5) is 11.4 Å². The van der Waals surface area contributed by atoms with Crippen LogP contribution in [0.2, 0.25) is 0 Å². The van der Waals surface area contributed by atoms with E-state index in [0.717, 1.165) is 25.9 Å². The molecule has 0 bridgehead atoms. The standard InChI is InChI=1S/C20H30N4O3/c1-14-8-15(2)11-23(10-14)17-5-4-16(9-18(17)24(26)27)19(25)22-7-6-20(3,12-21)13-22/h4-5,9,14-15H,6-8,10-13,21H2,1-3H3. The maximum absolute atomic E-state index is 12.9. The summed E-state index contributed by atoms with van der Waals surface area (Å²) in [6.45, 7) is 9.80. The second kappa shape index (κ2) is 7.46. The van der Waals surface area contributed by atoms with Gasteiger partial charge in [-0.3, -0.25) is 14.9 Å². The van der Waals surface area contributed by atoms with E-state index in [0.29, 0.717) is 42.7 Å². The topological polar surface area (TPSA) is 92.7 Å². The summed E-state index contributed by atoms with van der Waals surface area (Å²) in [7, 11) is 0. The smallest absolute Gasteiger partial charge is 0.293 e. The van der Waals surface area contributed by atoms with Crippen molar-refractivity contribution in [3.05, 3.63) is 33.9 Å². The summed E-state index contributed by atoms with van der Waals surface area (Å²) in [6.07, 6.45) is 1.99. The van der Waals surface area contributed by atoms with Crippen LogP contribution in [0.15, 0.2) is 18.2 Å². The molecule has 1 aromatic carbocycles. The van der Waals surface area contributed by atoms with Crippen molar-refractivity contribution in [2.45, 2.75) is 33.6 Å². The number of likely N-dealkylation sites (tertiary alicyclic amines) is 1. The first kappa shape index (κ1) is 19.6. The maximum atomic E-state index is 12.9. The molecule has 2 heterocycles. The SMILES string of the molecule is CC1CC(C)CN(c2ccc(C(=O)N3CCC(C)(CN)C3)cc2[N+](=O)[O-])C1. The van der Waals surface area contributed by atoms with E-state index in [9.17, 15) is 14.9 Å². The van der Waals surface area contributed by atoms with Crippen molar-refractivity contribution in [1.82, 2.24) is 4.90 Å². The van der Waals surface area contributed by atoms with Crippen LogP contribution >= 0.6 is 0 Å². The largest absolute Gasteiger partial charge is 0.365 e. The van der Waals surface area contributed by atoms with Crippen LogP contribution in [-0.4, -0.2) is 48.5 Å². The van der Waals surface area contributed by atoms with Gasteiger partial charge in [-0.2, -0.15) is 0 Å². The Bertz CT molecular complexity index is 728. The van der Waals surface area contributed by atoms with Crippen LogP contribution in [-0.2, 0) is 0 Å². The third kappa shape index (κ3) is 4.08. The maximum Gasteiger partial charge on any atom is 0.293 e. The monoisotopic (exact) mass is 374 g/mol. The number of carbonyl (C=O) groups excluding carboxylic acids is 1. The number of nitrogens with two attached hydrogens (primary N) is 1. The van der Waals surface area contributed by atoms with Gasteiger partial charge in [-0.1, -0.05) is 20.8 Å². The van der Waals surface area contributed by atoms with E-state index in [2.05, 4.69) is 25.7 Å². The quantitative estimate of drug-likeness (QED) is 0.646. The van der Waals surface area contributed by atoms with Gasteiger partial charge in [0.15, 0.2) is 0 Å². The number of nitro groups is 1. The highest BCUT2D eigenvalue weighted by atomic mass is 16.6. The van der Waals surface area contributed by atoms with E-state index < -0.39 is 0 Å². The summed E-state index contributed by atoms with van der Waals surface area (Å²) in [6, 6.07) is 4.92. The first-order valence-electron chi connectivity index (χ1n) is 9.75. The second-order valence-electron chi connectivity index (χ2n) is 8.80. The Hall–Kier alpha value is -2.15. The van der Waals surface area contributed by atoms with Gasteiger partial charge >= 0.3 is 0 Å². The van der Waals surface area contributed by atoms with E-state index in [4.69, 9.17) is 5.73 Å². The number of nitro benzene ring substituents is 1. The number of hydrogen-bond donors (Lipinski definition) is 1. The second-order valence-corrected chi connectivity index (χ2v) is 8.80. The first-order valence-corrected chi connectivity index (χ1v) is 9.75. The number of amides is 1. The lowest BCUT2D eigenvalue weighted by molar-refractivity contribution is -0.384. The zero-order chi connectivity index (χ0) is 19.8. The van der Waals surface area contributed by atoms with Crippen LogP contribution in [0.5, 0.6) is 0 Å². The average molecular weight is 374 g/mol. The Morgan fingerprint density at radius 3 is 2.56 bits per heavy atom. The molecule has 2 aliphatic rings. The van der Waals surface area contributed by atoms with E-state index >= 15 is 0 Å². The predicted octanol–water partition coefficient (Wildman–Crippen LogP) is 2.89. The summed E-state index contributed by atoms with van der Waals surface area (Å²) >= 11 is 0. The van der Waals surface area contributed by atoms with Gasteiger partial charge in [-0.25, -0.2) is 0 Å². The van der Waals surface area contributed by atoms with Crippen molar-refractivity contribution in [2.75, 3.05) is 37.6 Å². The summed E-state index contributed by atoms with van der Waals surface area (Å²) in [5.74, 6) is 0.837. The summed E-state index contributed by atoms with van der Waals surface area (Å²) < 4.78 is 0. The van der Waals surface area contributed by atoms with Gasteiger partial charge in [0.25, 0.3) is 11.6 Å². The molecule has 2 aliphatic heterocycles. The fourth-order valence-corrected chi connectivity index (χ4v) is 4.48. The third-order valence-electron chi connectivity index (χ3n) is 5.97. The summed E-state index contributed by atoms with van der Waals surface area (Å²) in [4.78, 5) is 28.1. The number of piperidine rings is 1. The highest BCUT2D eigenvalue weighted by Crippen LogP contribution is 2.35. The molecule has 148 valence electrons. The first-order chi connectivity index (χ1) is 12.7. The molecule has 2 fully saturated rings. The Kier molecular flexibility index (Phi) is 5.42. The number of hydrogen-bond acceptors (Lipinski definition) is 5. The number of nitrogens with zero attached hydrogens (tertiary/aromatic N) is 3. The fourth-order valence-electron chi connectivity index (χ4n) is 4.48. The van der Waals surface area contributed by atoms with Crippen molar-refractivity contribution in [3.63, 3.8) is 0 Å². The fraction of sp³-hybridized carbons (Fsp3) is 0.650. The van der Waals surface area contributed by atoms with Crippen molar-refractivity contribution < 1.29 is 9.72 Å². The Labute approximate surface area is 160 Å². The van der Waals surface area contributed by atoms with Crippen molar-refractivity contribution in [1.29, 1.82) is 0 Å². The molecule has 7 nitrogen and oxygen atoms in total. The lowest BCUT2D eigenvalue weighted by Gasteiger charge is -2.36. The predicted molar refractivity (Wildman–Crippen MR) is 106 cm³/mol. The molecule has 0 saturated carbocycles. The lowest BCUT2D eigenvalue weighted by atomic mass is 9.90. The minimum absolute atomic E-state index is 0.0166. The van der Waals surface area contributed by atoms with Gasteiger partial charge in [-0.15, -0.1) is 0 Å². The zero-order valence-electron chi connectivity index (χ0n) is 16.5. The van der Waals surface area contributed by atoms with Gasteiger partial charge < -0.3 is 15.5 Å². The Morgan fingerprint density at radius 1 is 1.33 bits per heavy atom. The number of anilines is 1. The van der Waals surface area contributed by atoms with Crippen LogP contribution in [0.25, 0.3) is 0 Å². The van der Waals surface area contributed by atoms with Gasteiger partial charge in [0.05, 0.1) is 4.92 Å². The molecule has 3 atom stereocenters. The zero-order valence-corrected chi connectivity index (χ0v) is 16.5. The number of rotatable bonds is 4. The van der Waals surface area contributed by atoms with Gasteiger partial charge in [0, 0.05) is 37.8 Å². The lowest BCUT2D eigenvalue weighted by Crippen LogP contribution is -2.39. The Morgan fingerprint density at radius 2 is 2.00 bits per heavy atom. The molecule has 0 aliphatic carbocycles. The van der Waals surface area contributed by atoms with Crippen LogP contribution < -0.4 is 10.6 Å². The van der Waals surface area contributed by atoms with E-state index in [1.165, 1.54) is 6.07 Å². The number of benzene rings is 1. The van der Waals surface area contributed by atoms with Crippen molar-refractivity contribution in [2.24, 2.45) is 23.0 Å². The van der Waals surface area contributed by atoms with Crippen molar-refractivity contribution in [3.8, 4) is 0 Å². The van der Waals surface area contributed by atoms with E-state index in [1.807, 2.05) is 0 Å². The highest BCUT2D eigenvalue weighted by molar-refractivity contribution is 5.96. The summed E-state index contributed by atoms with van der Waals surface area (Å²) in [5, 5.41) is 11.7. The summed E-state index contributed by atoms with van der Waals surface area (Å²) in [5.41, 5.74) is 6.77. The Balaban J connectivity index is 1.86. The molecule has 0 spiro atoms. The average Bonchev–Trinajstić information content (AvgIpc) is 3.02. The molecule has 1 aromatic rings. The highest BCUT2D eigenvalue weighted by Gasteiger charge is 2.36. The molecule has 27 heavy (non-hydrogen) atoms. The van der Waals surface area contributed by atoms with Gasteiger partial charge in [0.1, 0.15) is 5.69 Å². The molecule has 3 rings (SSSR count). The molecular weight excluding hydrogens is 344 g/mol. The van der Waals surface area contributed by atoms with E-state index in [-0.39, 0.29) is 21.9 Å². The third-order valence-corrected chi connectivity index (χ3v) is 5.97. The van der Waals surface area contributed by atoms with Crippen molar-refractivity contribution >= 4 is 17.3 Å². The molecule has 7 heteroatoms. The molecule has 0 aromatic heterocycles. The van der Waals surface area contributed by atoms with E-state index in [1.54, 1.807) is 17.0 Å². The number of carbonyl (C=O) groups is 1. The minimum atomic E-state index is -0.371. The molecule has 1 amide bonds. The van der Waals surface area contributed by atoms with Crippen LogP contribution in [0, 0.1) is 27.4 Å². The minimum Gasteiger partial charge on any atom is -0.365 e.